The number of carbonyl (C=O) groups is 1. The molecule has 0 unspecified atom stereocenters. The monoisotopic (exact) mass is 542 g/mol. The lowest BCUT2D eigenvalue weighted by Gasteiger charge is -2.37. The molecule has 0 radical (unpaired) electrons. The summed E-state index contributed by atoms with van der Waals surface area (Å²) in [7, 11) is 4.59. The molecular formula is C22H28FIN4O3. The zero-order valence-corrected chi connectivity index (χ0v) is 20.3. The van der Waals surface area contributed by atoms with Crippen LogP contribution >= 0.6 is 24.0 Å². The minimum absolute atomic E-state index is 0. The van der Waals surface area contributed by atoms with Crippen LogP contribution in [-0.4, -0.2) is 64.3 Å². The topological polar surface area (TPSA) is 66.4 Å². The van der Waals surface area contributed by atoms with Crippen molar-refractivity contribution in [3.63, 3.8) is 0 Å². The number of halogens is 2. The summed E-state index contributed by atoms with van der Waals surface area (Å²) in [6.07, 6.45) is 0. The van der Waals surface area contributed by atoms with E-state index in [1.807, 2.05) is 17.0 Å². The van der Waals surface area contributed by atoms with Gasteiger partial charge in [-0.2, -0.15) is 0 Å². The number of methoxy groups -OCH3 is 2. The van der Waals surface area contributed by atoms with Gasteiger partial charge in [-0.05, 0) is 29.8 Å². The maximum Gasteiger partial charge on any atom is 0.341 e. The SMILES string of the molecule is CN=C(NCc1ccc(OC)c(C(=O)OC)c1)N1CCN(c2ccccc2F)CC1.I. The third-order valence-electron chi connectivity index (χ3n) is 5.10. The molecule has 0 bridgehead atoms. The number of anilines is 1. The molecule has 1 saturated heterocycles. The van der Waals surface area contributed by atoms with Crippen molar-refractivity contribution >= 4 is 41.6 Å². The molecule has 0 aromatic heterocycles. The van der Waals surface area contributed by atoms with E-state index in [-0.39, 0.29) is 29.8 Å². The lowest BCUT2D eigenvalue weighted by atomic mass is 10.1. The van der Waals surface area contributed by atoms with Gasteiger partial charge in [-0.15, -0.1) is 24.0 Å². The van der Waals surface area contributed by atoms with E-state index in [1.165, 1.54) is 20.3 Å². The van der Waals surface area contributed by atoms with Gasteiger partial charge in [0.05, 0.1) is 19.9 Å². The van der Waals surface area contributed by atoms with E-state index >= 15 is 0 Å². The maximum atomic E-state index is 14.0. The van der Waals surface area contributed by atoms with Crippen LogP contribution in [0.2, 0.25) is 0 Å². The molecule has 168 valence electrons. The quantitative estimate of drug-likeness (QED) is 0.271. The highest BCUT2D eigenvalue weighted by molar-refractivity contribution is 14.0. The van der Waals surface area contributed by atoms with Crippen LogP contribution in [-0.2, 0) is 11.3 Å². The van der Waals surface area contributed by atoms with Gasteiger partial charge >= 0.3 is 5.97 Å². The molecule has 7 nitrogen and oxygen atoms in total. The van der Waals surface area contributed by atoms with Gasteiger partial charge < -0.3 is 24.6 Å². The van der Waals surface area contributed by atoms with Gasteiger partial charge in [0.2, 0.25) is 0 Å². The molecule has 0 spiro atoms. The van der Waals surface area contributed by atoms with Gasteiger partial charge in [-0.1, -0.05) is 18.2 Å². The Kier molecular flexibility index (Phi) is 9.35. The van der Waals surface area contributed by atoms with Crippen molar-refractivity contribution < 1.29 is 18.7 Å². The lowest BCUT2D eigenvalue weighted by molar-refractivity contribution is 0.0597. The van der Waals surface area contributed by atoms with Crippen LogP contribution < -0.4 is 15.0 Å². The van der Waals surface area contributed by atoms with E-state index in [0.29, 0.717) is 36.6 Å². The van der Waals surface area contributed by atoms with Gasteiger partial charge in [0.1, 0.15) is 17.1 Å². The van der Waals surface area contributed by atoms with Crippen molar-refractivity contribution in [3.05, 3.63) is 59.4 Å². The molecule has 1 aliphatic heterocycles. The second-order valence-corrected chi connectivity index (χ2v) is 6.85. The fourth-order valence-corrected chi connectivity index (χ4v) is 3.52. The summed E-state index contributed by atoms with van der Waals surface area (Å²) < 4.78 is 24.1. The predicted octanol–water partition coefficient (Wildman–Crippen LogP) is 3.14. The van der Waals surface area contributed by atoms with E-state index in [9.17, 15) is 9.18 Å². The molecule has 1 fully saturated rings. The Labute approximate surface area is 199 Å². The Bertz CT molecular complexity index is 917. The number of ether oxygens (including phenoxy) is 2. The summed E-state index contributed by atoms with van der Waals surface area (Å²) in [5, 5.41) is 3.33. The number of benzene rings is 2. The first-order valence-electron chi connectivity index (χ1n) is 9.77. The maximum absolute atomic E-state index is 14.0. The fraction of sp³-hybridized carbons (Fsp3) is 0.364. The third-order valence-corrected chi connectivity index (χ3v) is 5.10. The average Bonchev–Trinajstić information content (AvgIpc) is 2.79. The van der Waals surface area contributed by atoms with Crippen molar-refractivity contribution in [2.24, 2.45) is 4.99 Å². The minimum atomic E-state index is -0.442. The van der Waals surface area contributed by atoms with E-state index in [4.69, 9.17) is 9.47 Å². The molecule has 2 aromatic rings. The summed E-state index contributed by atoms with van der Waals surface area (Å²) in [5.41, 5.74) is 1.92. The number of hydrogen-bond acceptors (Lipinski definition) is 5. The summed E-state index contributed by atoms with van der Waals surface area (Å²) in [5.74, 6) is 0.592. The molecular weight excluding hydrogens is 514 g/mol. The molecule has 0 atom stereocenters. The normalized spacial score (nSPS) is 14.0. The van der Waals surface area contributed by atoms with Gasteiger partial charge in [-0.3, -0.25) is 4.99 Å². The molecule has 1 heterocycles. The van der Waals surface area contributed by atoms with Gasteiger partial charge in [-0.25, -0.2) is 9.18 Å². The van der Waals surface area contributed by atoms with E-state index < -0.39 is 5.97 Å². The van der Waals surface area contributed by atoms with Crippen molar-refractivity contribution in [1.82, 2.24) is 10.2 Å². The van der Waals surface area contributed by atoms with Gasteiger partial charge in [0.15, 0.2) is 5.96 Å². The lowest BCUT2D eigenvalue weighted by Crippen LogP contribution is -2.52. The van der Waals surface area contributed by atoms with Crippen LogP contribution in [0.4, 0.5) is 10.1 Å². The summed E-state index contributed by atoms with van der Waals surface area (Å²) in [6.45, 7) is 3.36. The van der Waals surface area contributed by atoms with Gasteiger partial charge in [0.25, 0.3) is 0 Å². The molecule has 31 heavy (non-hydrogen) atoms. The summed E-state index contributed by atoms with van der Waals surface area (Å²) in [4.78, 5) is 20.5. The van der Waals surface area contributed by atoms with Crippen LogP contribution in [0.5, 0.6) is 5.75 Å². The molecule has 1 aliphatic rings. The number of aliphatic imine (C=N–C) groups is 1. The van der Waals surface area contributed by atoms with E-state index in [1.54, 1.807) is 31.3 Å². The largest absolute Gasteiger partial charge is 0.496 e. The Morgan fingerprint density at radius 3 is 2.45 bits per heavy atom. The molecule has 3 rings (SSSR count). The predicted molar refractivity (Wildman–Crippen MR) is 130 cm³/mol. The van der Waals surface area contributed by atoms with Crippen LogP contribution in [0.1, 0.15) is 15.9 Å². The first-order valence-corrected chi connectivity index (χ1v) is 9.77. The number of esters is 1. The number of para-hydroxylation sites is 1. The summed E-state index contributed by atoms with van der Waals surface area (Å²) in [6, 6.07) is 12.2. The highest BCUT2D eigenvalue weighted by atomic mass is 127. The number of guanidine groups is 1. The zero-order valence-electron chi connectivity index (χ0n) is 17.9. The second-order valence-electron chi connectivity index (χ2n) is 6.85. The Morgan fingerprint density at radius 2 is 1.84 bits per heavy atom. The van der Waals surface area contributed by atoms with E-state index in [2.05, 4.69) is 15.2 Å². The third kappa shape index (κ3) is 5.99. The highest BCUT2D eigenvalue weighted by Gasteiger charge is 2.21. The number of carbonyl (C=O) groups excluding carboxylic acids is 1. The van der Waals surface area contributed by atoms with Crippen molar-refractivity contribution in [2.45, 2.75) is 6.54 Å². The van der Waals surface area contributed by atoms with Crippen molar-refractivity contribution in [3.8, 4) is 5.75 Å². The number of nitrogens with one attached hydrogen (secondary N) is 1. The van der Waals surface area contributed by atoms with Crippen molar-refractivity contribution in [2.75, 3.05) is 52.3 Å². The molecule has 1 N–H and O–H groups in total. The number of piperazine rings is 1. The minimum Gasteiger partial charge on any atom is -0.496 e. The van der Waals surface area contributed by atoms with Crippen LogP contribution in [0.15, 0.2) is 47.5 Å². The average molecular weight is 542 g/mol. The molecule has 9 heteroatoms. The highest BCUT2D eigenvalue weighted by Crippen LogP contribution is 2.22. The molecule has 0 saturated carbocycles. The van der Waals surface area contributed by atoms with Crippen molar-refractivity contribution in [1.29, 1.82) is 0 Å². The molecule has 0 amide bonds. The Hall–Kier alpha value is -2.56. The fourth-order valence-electron chi connectivity index (χ4n) is 3.52. The Balaban J connectivity index is 0.00000341. The summed E-state index contributed by atoms with van der Waals surface area (Å²) >= 11 is 0. The van der Waals surface area contributed by atoms with Crippen LogP contribution in [0.25, 0.3) is 0 Å². The second kappa shape index (κ2) is 11.7. The molecule has 2 aromatic carbocycles. The number of rotatable bonds is 5. The van der Waals surface area contributed by atoms with Crippen LogP contribution in [0.3, 0.4) is 0 Å². The van der Waals surface area contributed by atoms with E-state index in [0.717, 1.165) is 24.6 Å². The standard InChI is InChI=1S/C22H27FN4O3.HI/c1-24-22(25-15-16-8-9-20(29-2)17(14-16)21(28)30-3)27-12-10-26(11-13-27)19-7-5-4-6-18(19)23;/h4-9,14H,10-13,15H2,1-3H3,(H,24,25);1H. The number of nitrogens with zero attached hydrogens (tertiary/aromatic N) is 3. The van der Waals surface area contributed by atoms with Crippen LogP contribution in [0, 0.1) is 5.82 Å². The number of hydrogen-bond donors (Lipinski definition) is 1. The Morgan fingerprint density at radius 1 is 1.13 bits per heavy atom. The smallest absolute Gasteiger partial charge is 0.341 e. The van der Waals surface area contributed by atoms with Gasteiger partial charge in [0, 0.05) is 39.8 Å². The zero-order chi connectivity index (χ0) is 21.5. The first kappa shape index (κ1) is 24.7. The molecule has 0 aliphatic carbocycles. The first-order chi connectivity index (χ1) is 14.6.